The van der Waals surface area contributed by atoms with Crippen LogP contribution in [-0.2, 0) is 22.9 Å². The molecule has 0 saturated carbocycles. The number of nitrogens with zero attached hydrogens (tertiary/aromatic N) is 2. The minimum absolute atomic E-state index is 0.0287. The molecule has 0 atom stereocenters. The number of ether oxygens (including phenoxy) is 1. The Morgan fingerprint density at radius 1 is 1.06 bits per heavy atom. The molecule has 4 rings (SSSR count). The first-order valence-electron chi connectivity index (χ1n) is 10.7. The molecule has 0 radical (unpaired) electrons. The van der Waals surface area contributed by atoms with Crippen LogP contribution in [0.25, 0.3) is 5.69 Å². The third kappa shape index (κ3) is 5.07. The normalized spacial score (nSPS) is 13.4. The fourth-order valence-corrected chi connectivity index (χ4v) is 4.89. The number of carbonyl (C=O) groups is 1. The SMILES string of the molecule is COc1ccc(S(=O)(=O)NCCNC(=O)c2nn(-c3ccc(F)cc3)c3c2CCCC3)cc1. The smallest absolute Gasteiger partial charge is 0.272 e. The quantitative estimate of drug-likeness (QED) is 0.491. The summed E-state index contributed by atoms with van der Waals surface area (Å²) in [5, 5.41) is 7.26. The molecule has 1 aliphatic rings. The number of halogens is 1. The van der Waals surface area contributed by atoms with Crippen molar-refractivity contribution in [3.05, 3.63) is 71.3 Å². The van der Waals surface area contributed by atoms with E-state index in [0.717, 1.165) is 36.9 Å². The zero-order valence-electron chi connectivity index (χ0n) is 18.2. The fourth-order valence-electron chi connectivity index (χ4n) is 3.86. The van der Waals surface area contributed by atoms with Gasteiger partial charge in [-0.3, -0.25) is 4.79 Å². The van der Waals surface area contributed by atoms with Crippen molar-refractivity contribution in [3.63, 3.8) is 0 Å². The lowest BCUT2D eigenvalue weighted by molar-refractivity contribution is 0.0948. The maximum Gasteiger partial charge on any atom is 0.272 e. The number of amides is 1. The van der Waals surface area contributed by atoms with E-state index in [9.17, 15) is 17.6 Å². The molecular weight excluding hydrogens is 447 g/mol. The van der Waals surface area contributed by atoms with Gasteiger partial charge < -0.3 is 10.1 Å². The van der Waals surface area contributed by atoms with Crippen LogP contribution in [0.1, 0.15) is 34.6 Å². The van der Waals surface area contributed by atoms with Crippen molar-refractivity contribution in [2.24, 2.45) is 0 Å². The standard InChI is InChI=1S/C23H25FN4O4S/c1-32-18-10-12-19(13-11-18)33(30,31)26-15-14-25-23(29)22-20-4-2-3-5-21(20)28(27-22)17-8-6-16(24)7-9-17/h6-13,26H,2-5,14-15H2,1H3,(H,25,29). The summed E-state index contributed by atoms with van der Waals surface area (Å²) in [5.74, 6) is -0.142. The van der Waals surface area contributed by atoms with Crippen LogP contribution in [0.5, 0.6) is 5.75 Å². The van der Waals surface area contributed by atoms with E-state index in [1.807, 2.05) is 0 Å². The van der Waals surface area contributed by atoms with Crippen LogP contribution in [0.15, 0.2) is 53.4 Å². The number of sulfonamides is 1. The number of nitrogens with one attached hydrogen (secondary N) is 2. The van der Waals surface area contributed by atoms with E-state index >= 15 is 0 Å². The molecule has 1 aliphatic carbocycles. The molecule has 0 saturated heterocycles. The Morgan fingerprint density at radius 3 is 2.45 bits per heavy atom. The van der Waals surface area contributed by atoms with Gasteiger partial charge in [0.25, 0.3) is 5.91 Å². The summed E-state index contributed by atoms with van der Waals surface area (Å²) in [4.78, 5) is 13.0. The Balaban J connectivity index is 1.42. The average Bonchev–Trinajstić information content (AvgIpc) is 3.22. The molecule has 0 spiro atoms. The van der Waals surface area contributed by atoms with Gasteiger partial charge in [0, 0.05) is 24.3 Å². The van der Waals surface area contributed by atoms with Crippen molar-refractivity contribution in [2.75, 3.05) is 20.2 Å². The molecule has 33 heavy (non-hydrogen) atoms. The third-order valence-corrected chi connectivity index (χ3v) is 7.02. The molecule has 2 N–H and O–H groups in total. The summed E-state index contributed by atoms with van der Waals surface area (Å²) in [6, 6.07) is 12.0. The maximum absolute atomic E-state index is 13.3. The Bertz CT molecular complexity index is 1240. The van der Waals surface area contributed by atoms with E-state index in [0.29, 0.717) is 17.1 Å². The predicted molar refractivity (Wildman–Crippen MR) is 121 cm³/mol. The number of aromatic nitrogens is 2. The lowest BCUT2D eigenvalue weighted by Crippen LogP contribution is -2.35. The molecule has 0 bridgehead atoms. The first-order valence-corrected chi connectivity index (χ1v) is 12.2. The number of fused-ring (bicyclic) bond motifs is 1. The second kappa shape index (κ2) is 9.72. The molecule has 0 fully saturated rings. The lowest BCUT2D eigenvalue weighted by atomic mass is 9.95. The molecule has 1 amide bonds. The van der Waals surface area contributed by atoms with Crippen molar-refractivity contribution in [3.8, 4) is 11.4 Å². The highest BCUT2D eigenvalue weighted by Crippen LogP contribution is 2.27. The Labute approximate surface area is 191 Å². The molecule has 0 unspecified atom stereocenters. The van der Waals surface area contributed by atoms with Gasteiger partial charge in [-0.15, -0.1) is 0 Å². The van der Waals surface area contributed by atoms with Crippen molar-refractivity contribution >= 4 is 15.9 Å². The topological polar surface area (TPSA) is 102 Å². The lowest BCUT2D eigenvalue weighted by Gasteiger charge is -2.14. The van der Waals surface area contributed by atoms with E-state index in [4.69, 9.17) is 4.74 Å². The monoisotopic (exact) mass is 472 g/mol. The molecule has 2 aromatic carbocycles. The van der Waals surface area contributed by atoms with Gasteiger partial charge >= 0.3 is 0 Å². The van der Waals surface area contributed by atoms with Crippen molar-refractivity contribution in [1.82, 2.24) is 19.8 Å². The molecule has 1 aromatic heterocycles. The number of rotatable bonds is 8. The number of methoxy groups -OCH3 is 1. The zero-order valence-corrected chi connectivity index (χ0v) is 19.0. The molecule has 3 aromatic rings. The van der Waals surface area contributed by atoms with Gasteiger partial charge in [0.2, 0.25) is 10.0 Å². The van der Waals surface area contributed by atoms with Gasteiger partial charge in [-0.25, -0.2) is 22.2 Å². The molecular formula is C23H25FN4O4S. The summed E-state index contributed by atoms with van der Waals surface area (Å²) < 4.78 is 47.4. The first kappa shape index (κ1) is 22.9. The molecule has 1 heterocycles. The Morgan fingerprint density at radius 2 is 1.76 bits per heavy atom. The van der Waals surface area contributed by atoms with Crippen LogP contribution >= 0.6 is 0 Å². The Hall–Kier alpha value is -3.24. The van der Waals surface area contributed by atoms with Gasteiger partial charge in [0.1, 0.15) is 11.6 Å². The fraction of sp³-hybridized carbons (Fsp3) is 0.304. The summed E-state index contributed by atoms with van der Waals surface area (Å²) in [7, 11) is -2.20. The summed E-state index contributed by atoms with van der Waals surface area (Å²) in [5.41, 5.74) is 2.87. The van der Waals surface area contributed by atoms with E-state index in [2.05, 4.69) is 15.1 Å². The van der Waals surface area contributed by atoms with Gasteiger partial charge in [0.05, 0.1) is 17.7 Å². The molecule has 174 valence electrons. The largest absolute Gasteiger partial charge is 0.497 e. The maximum atomic E-state index is 13.3. The van der Waals surface area contributed by atoms with E-state index in [1.54, 1.807) is 28.9 Å². The third-order valence-electron chi connectivity index (χ3n) is 5.54. The molecule has 0 aliphatic heterocycles. The van der Waals surface area contributed by atoms with Crippen LogP contribution in [0.2, 0.25) is 0 Å². The number of hydrogen-bond donors (Lipinski definition) is 2. The van der Waals surface area contributed by atoms with Crippen LogP contribution < -0.4 is 14.8 Å². The number of benzene rings is 2. The first-order chi connectivity index (χ1) is 15.9. The molecule has 8 nitrogen and oxygen atoms in total. The number of carbonyl (C=O) groups excluding carboxylic acids is 1. The summed E-state index contributed by atoms with van der Waals surface area (Å²) in [6.07, 6.45) is 3.48. The summed E-state index contributed by atoms with van der Waals surface area (Å²) >= 11 is 0. The van der Waals surface area contributed by atoms with Crippen LogP contribution in [0.4, 0.5) is 4.39 Å². The van der Waals surface area contributed by atoms with E-state index < -0.39 is 10.0 Å². The second-order valence-corrected chi connectivity index (χ2v) is 9.47. The van der Waals surface area contributed by atoms with E-state index in [-0.39, 0.29) is 29.7 Å². The van der Waals surface area contributed by atoms with E-state index in [1.165, 1.54) is 31.4 Å². The van der Waals surface area contributed by atoms with Crippen molar-refractivity contribution in [2.45, 2.75) is 30.6 Å². The average molecular weight is 473 g/mol. The predicted octanol–water partition coefficient (Wildman–Crippen LogP) is 2.61. The summed E-state index contributed by atoms with van der Waals surface area (Å²) in [6.45, 7) is 0.132. The minimum Gasteiger partial charge on any atom is -0.497 e. The highest BCUT2D eigenvalue weighted by Gasteiger charge is 2.25. The van der Waals surface area contributed by atoms with Crippen LogP contribution in [0, 0.1) is 5.82 Å². The van der Waals surface area contributed by atoms with Gasteiger partial charge in [-0.05, 0) is 74.2 Å². The highest BCUT2D eigenvalue weighted by atomic mass is 32.2. The van der Waals surface area contributed by atoms with Crippen LogP contribution in [-0.4, -0.2) is 44.3 Å². The number of hydrogen-bond acceptors (Lipinski definition) is 5. The minimum atomic E-state index is -3.70. The van der Waals surface area contributed by atoms with Gasteiger partial charge in [-0.1, -0.05) is 0 Å². The van der Waals surface area contributed by atoms with Crippen LogP contribution in [0.3, 0.4) is 0 Å². The van der Waals surface area contributed by atoms with Gasteiger partial charge in [-0.2, -0.15) is 5.10 Å². The molecule has 10 heteroatoms. The zero-order chi connectivity index (χ0) is 23.4. The highest BCUT2D eigenvalue weighted by molar-refractivity contribution is 7.89. The van der Waals surface area contributed by atoms with Crippen molar-refractivity contribution in [1.29, 1.82) is 0 Å². The van der Waals surface area contributed by atoms with Crippen molar-refractivity contribution < 1.29 is 22.3 Å². The Kier molecular flexibility index (Phi) is 6.75. The van der Waals surface area contributed by atoms with Gasteiger partial charge in [0.15, 0.2) is 5.69 Å². The second-order valence-electron chi connectivity index (χ2n) is 7.70.